The zero-order chi connectivity index (χ0) is 20.9. The number of hydrogen-bond donors (Lipinski definition) is 1. The number of anilines is 1. The van der Waals surface area contributed by atoms with Crippen LogP contribution in [-0.4, -0.2) is 45.4 Å². The van der Waals surface area contributed by atoms with E-state index in [1.807, 2.05) is 35.7 Å². The highest BCUT2D eigenvalue weighted by Gasteiger charge is 2.42. The number of amides is 1. The van der Waals surface area contributed by atoms with Crippen molar-refractivity contribution in [3.8, 4) is 11.4 Å². The Morgan fingerprint density at radius 1 is 1.27 bits per heavy atom. The molecule has 1 spiro atoms. The summed E-state index contributed by atoms with van der Waals surface area (Å²) in [6, 6.07) is 10.4. The van der Waals surface area contributed by atoms with Gasteiger partial charge in [0, 0.05) is 43.8 Å². The van der Waals surface area contributed by atoms with Crippen molar-refractivity contribution in [2.24, 2.45) is 0 Å². The summed E-state index contributed by atoms with van der Waals surface area (Å²) in [7, 11) is 1.69. The summed E-state index contributed by atoms with van der Waals surface area (Å²) in [5.41, 5.74) is 4.76. The number of carbonyl (C=O) groups excluding carboxylic acids is 1. The van der Waals surface area contributed by atoms with Crippen LogP contribution >= 0.6 is 0 Å². The van der Waals surface area contributed by atoms with Crippen LogP contribution in [0.25, 0.3) is 5.69 Å². The van der Waals surface area contributed by atoms with Gasteiger partial charge in [0.25, 0.3) is 5.91 Å². The number of methoxy groups -OCH3 is 1. The first kappa shape index (κ1) is 18.8. The zero-order valence-electron chi connectivity index (χ0n) is 17.7. The molecule has 156 valence electrons. The van der Waals surface area contributed by atoms with Gasteiger partial charge in [0.15, 0.2) is 0 Å². The van der Waals surface area contributed by atoms with Gasteiger partial charge in [0.1, 0.15) is 5.75 Å². The lowest BCUT2D eigenvalue weighted by Crippen LogP contribution is -2.51. The van der Waals surface area contributed by atoms with Crippen LogP contribution in [0, 0.1) is 6.92 Å². The van der Waals surface area contributed by atoms with Gasteiger partial charge in [-0.1, -0.05) is 0 Å². The topological polar surface area (TPSA) is 64.3 Å². The van der Waals surface area contributed by atoms with Gasteiger partial charge in [-0.2, -0.15) is 5.10 Å². The Morgan fingerprint density at radius 2 is 2.07 bits per heavy atom. The second kappa shape index (κ2) is 6.93. The van der Waals surface area contributed by atoms with E-state index in [1.165, 1.54) is 5.69 Å². The average molecular weight is 406 g/mol. The molecule has 1 fully saturated rings. The molecule has 2 aliphatic heterocycles. The molecule has 4 heterocycles. The lowest BCUT2D eigenvalue weighted by atomic mass is 9.82. The third-order valence-electron chi connectivity index (χ3n) is 6.48. The third kappa shape index (κ3) is 2.80. The molecular weight excluding hydrogens is 378 g/mol. The molecule has 2 aromatic heterocycles. The number of carbonyl (C=O) groups is 1. The Labute approximate surface area is 176 Å². The lowest BCUT2D eigenvalue weighted by molar-refractivity contribution is 0.0675. The van der Waals surface area contributed by atoms with Crippen molar-refractivity contribution in [1.82, 2.24) is 19.2 Å². The van der Waals surface area contributed by atoms with Crippen LogP contribution in [0.2, 0.25) is 0 Å². The highest BCUT2D eigenvalue weighted by molar-refractivity contribution is 5.95. The Bertz CT molecular complexity index is 1100. The van der Waals surface area contributed by atoms with Crippen molar-refractivity contribution in [1.29, 1.82) is 0 Å². The molecule has 0 saturated carbocycles. The van der Waals surface area contributed by atoms with E-state index in [1.54, 1.807) is 7.11 Å². The van der Waals surface area contributed by atoms with E-state index in [4.69, 9.17) is 4.74 Å². The summed E-state index contributed by atoms with van der Waals surface area (Å²) >= 11 is 0. The van der Waals surface area contributed by atoms with Crippen molar-refractivity contribution < 1.29 is 9.53 Å². The van der Waals surface area contributed by atoms with Crippen molar-refractivity contribution in [2.45, 2.75) is 38.8 Å². The number of hydrogen-bond acceptors (Lipinski definition) is 4. The number of benzene rings is 1. The molecule has 0 aliphatic carbocycles. The molecule has 0 bridgehead atoms. The van der Waals surface area contributed by atoms with Crippen molar-refractivity contribution in [2.75, 3.05) is 25.5 Å². The zero-order valence-corrected chi connectivity index (χ0v) is 17.7. The summed E-state index contributed by atoms with van der Waals surface area (Å²) in [4.78, 5) is 15.1. The molecule has 1 N–H and O–H groups in total. The van der Waals surface area contributed by atoms with Crippen molar-refractivity contribution in [3.63, 3.8) is 0 Å². The normalized spacial score (nSPS) is 16.7. The first-order valence-electron chi connectivity index (χ1n) is 10.5. The number of aryl methyl sites for hydroxylation is 2. The Hall–Kier alpha value is -3.22. The van der Waals surface area contributed by atoms with Crippen LogP contribution in [0.5, 0.6) is 5.75 Å². The number of nitrogens with one attached hydrogen (secondary N) is 1. The summed E-state index contributed by atoms with van der Waals surface area (Å²) < 4.78 is 9.52. The molecule has 1 amide bonds. The number of rotatable bonds is 3. The second-order valence-electron chi connectivity index (χ2n) is 8.13. The number of likely N-dealkylation sites (tertiary alicyclic amines) is 1. The number of ether oxygens (including phenoxy) is 1. The van der Waals surface area contributed by atoms with Gasteiger partial charge in [-0.15, -0.1) is 0 Å². The van der Waals surface area contributed by atoms with Crippen LogP contribution in [0.15, 0.2) is 42.7 Å². The first-order valence-corrected chi connectivity index (χ1v) is 10.5. The monoisotopic (exact) mass is 405 g/mol. The maximum Gasteiger partial charge on any atom is 0.257 e. The summed E-state index contributed by atoms with van der Waals surface area (Å²) in [5, 5.41) is 8.23. The summed E-state index contributed by atoms with van der Waals surface area (Å²) in [5.74, 6) is 0.915. The fourth-order valence-corrected chi connectivity index (χ4v) is 4.79. The molecule has 7 heteroatoms. The second-order valence-corrected chi connectivity index (χ2v) is 8.13. The SMILES string of the molecule is CCn1cc(C(=O)N2CCC3(CC2)Nc2cc(OC)ccc2-n2cccc23)c(C)n1. The minimum atomic E-state index is -0.192. The predicted octanol–water partition coefficient (Wildman–Crippen LogP) is 3.57. The Morgan fingerprint density at radius 3 is 2.77 bits per heavy atom. The van der Waals surface area contributed by atoms with E-state index in [0.29, 0.717) is 18.7 Å². The predicted molar refractivity (Wildman–Crippen MR) is 115 cm³/mol. The van der Waals surface area contributed by atoms with Crippen molar-refractivity contribution in [3.05, 3.63) is 59.7 Å². The number of aromatic nitrogens is 3. The molecule has 3 aromatic rings. The molecule has 5 rings (SSSR count). The van der Waals surface area contributed by atoms with E-state index < -0.39 is 0 Å². The Balaban J connectivity index is 1.41. The van der Waals surface area contributed by atoms with E-state index >= 15 is 0 Å². The van der Waals surface area contributed by atoms with E-state index in [2.05, 4.69) is 45.4 Å². The van der Waals surface area contributed by atoms with Crippen LogP contribution in [0.4, 0.5) is 5.69 Å². The molecule has 0 unspecified atom stereocenters. The molecule has 1 aromatic carbocycles. The number of nitrogens with zero attached hydrogens (tertiary/aromatic N) is 4. The van der Waals surface area contributed by atoms with Gasteiger partial charge >= 0.3 is 0 Å². The fourth-order valence-electron chi connectivity index (χ4n) is 4.79. The van der Waals surface area contributed by atoms with Crippen LogP contribution in [0.1, 0.15) is 41.5 Å². The summed E-state index contributed by atoms with van der Waals surface area (Å²) in [6.07, 6.45) is 5.68. The molecule has 0 atom stereocenters. The van der Waals surface area contributed by atoms with Crippen LogP contribution in [0.3, 0.4) is 0 Å². The highest BCUT2D eigenvalue weighted by atomic mass is 16.5. The molecule has 0 radical (unpaired) electrons. The summed E-state index contributed by atoms with van der Waals surface area (Å²) in [6.45, 7) is 6.11. The highest BCUT2D eigenvalue weighted by Crippen LogP contribution is 2.44. The first-order chi connectivity index (χ1) is 14.5. The largest absolute Gasteiger partial charge is 0.497 e. The van der Waals surface area contributed by atoms with E-state index in [9.17, 15) is 4.79 Å². The molecule has 30 heavy (non-hydrogen) atoms. The molecule has 2 aliphatic rings. The average Bonchev–Trinajstić information content (AvgIpc) is 3.41. The van der Waals surface area contributed by atoms with Gasteiger partial charge in [-0.3, -0.25) is 9.48 Å². The van der Waals surface area contributed by atoms with Gasteiger partial charge in [0.05, 0.1) is 35.3 Å². The van der Waals surface area contributed by atoms with Gasteiger partial charge in [0.2, 0.25) is 0 Å². The number of fused-ring (bicyclic) bond motifs is 4. The molecule has 1 saturated heterocycles. The minimum absolute atomic E-state index is 0.0790. The smallest absolute Gasteiger partial charge is 0.257 e. The third-order valence-corrected chi connectivity index (χ3v) is 6.48. The molecule has 7 nitrogen and oxygen atoms in total. The van der Waals surface area contributed by atoms with E-state index in [0.717, 1.165) is 42.2 Å². The van der Waals surface area contributed by atoms with Crippen molar-refractivity contribution >= 4 is 11.6 Å². The minimum Gasteiger partial charge on any atom is -0.497 e. The maximum atomic E-state index is 13.1. The van der Waals surface area contributed by atoms with Gasteiger partial charge in [-0.05, 0) is 51.0 Å². The maximum absolute atomic E-state index is 13.1. The lowest BCUT2D eigenvalue weighted by Gasteiger charge is -2.46. The quantitative estimate of drug-likeness (QED) is 0.724. The number of piperidine rings is 1. The fraction of sp³-hybridized carbons (Fsp3) is 0.391. The van der Waals surface area contributed by atoms with Crippen LogP contribution in [-0.2, 0) is 12.1 Å². The standard InChI is InChI=1S/C23H27N5O2/c1-4-27-15-18(16(2)25-27)22(29)26-12-9-23(10-13-26)21-6-5-11-28(21)20-8-7-17(30-3)14-19(20)24-23/h5-8,11,14-15,24H,4,9-10,12-13H2,1-3H3. The Kier molecular flexibility index (Phi) is 4.34. The van der Waals surface area contributed by atoms with Crippen LogP contribution < -0.4 is 10.1 Å². The molecular formula is C23H27N5O2. The van der Waals surface area contributed by atoms with E-state index in [-0.39, 0.29) is 11.4 Å². The van der Waals surface area contributed by atoms with Gasteiger partial charge < -0.3 is 19.5 Å². The van der Waals surface area contributed by atoms with Gasteiger partial charge in [-0.25, -0.2) is 0 Å².